The summed E-state index contributed by atoms with van der Waals surface area (Å²) in [5.41, 5.74) is 7.45. The van der Waals surface area contributed by atoms with Crippen LogP contribution in [-0.2, 0) is 6.54 Å². The third-order valence-corrected chi connectivity index (χ3v) is 4.37. The molecule has 1 aliphatic heterocycles. The summed E-state index contributed by atoms with van der Waals surface area (Å²) < 4.78 is 0. The van der Waals surface area contributed by atoms with Crippen molar-refractivity contribution >= 4 is 5.96 Å². The van der Waals surface area contributed by atoms with Crippen LogP contribution in [-0.4, -0.2) is 49.0 Å². The lowest BCUT2D eigenvalue weighted by Gasteiger charge is -2.31. The van der Waals surface area contributed by atoms with Gasteiger partial charge in [-0.05, 0) is 44.3 Å². The summed E-state index contributed by atoms with van der Waals surface area (Å²) in [7, 11) is 2.16. The van der Waals surface area contributed by atoms with E-state index >= 15 is 0 Å². The highest BCUT2D eigenvalue weighted by Crippen LogP contribution is 2.15. The Hall–Kier alpha value is -1.55. The van der Waals surface area contributed by atoms with Crippen LogP contribution in [0.4, 0.5) is 0 Å². The van der Waals surface area contributed by atoms with E-state index in [9.17, 15) is 0 Å². The average Bonchev–Trinajstić information content (AvgIpc) is 2.53. The van der Waals surface area contributed by atoms with Crippen molar-refractivity contribution in [1.82, 2.24) is 9.80 Å². The van der Waals surface area contributed by atoms with E-state index < -0.39 is 0 Å². The standard InChI is InChI=1S/C18H30N4/c1-16-9-13-22(14-10-16)18(19)20-11-6-12-21(2)15-17-7-4-3-5-8-17/h3-5,7-8,16H,6,9-15H2,1-2H3,(H2,19,20). The highest BCUT2D eigenvalue weighted by atomic mass is 15.3. The van der Waals surface area contributed by atoms with Gasteiger partial charge in [0.1, 0.15) is 0 Å². The molecule has 122 valence electrons. The van der Waals surface area contributed by atoms with Crippen molar-refractivity contribution < 1.29 is 0 Å². The van der Waals surface area contributed by atoms with Crippen LogP contribution >= 0.6 is 0 Å². The Labute approximate surface area is 135 Å². The topological polar surface area (TPSA) is 44.9 Å². The molecule has 0 saturated carbocycles. The first-order valence-corrected chi connectivity index (χ1v) is 8.42. The minimum atomic E-state index is 0.734. The number of piperidine rings is 1. The average molecular weight is 302 g/mol. The molecular weight excluding hydrogens is 272 g/mol. The lowest BCUT2D eigenvalue weighted by molar-refractivity contribution is 0.277. The molecule has 1 aromatic rings. The second-order valence-electron chi connectivity index (χ2n) is 6.49. The van der Waals surface area contributed by atoms with Crippen molar-refractivity contribution in [3.63, 3.8) is 0 Å². The van der Waals surface area contributed by atoms with Gasteiger partial charge in [0, 0.05) is 26.2 Å². The Morgan fingerprint density at radius 2 is 1.95 bits per heavy atom. The van der Waals surface area contributed by atoms with Gasteiger partial charge in [-0.15, -0.1) is 0 Å². The Bertz CT molecular complexity index is 449. The first kappa shape index (κ1) is 16.8. The number of nitrogens with two attached hydrogens (primary N) is 1. The minimum Gasteiger partial charge on any atom is -0.370 e. The van der Waals surface area contributed by atoms with Gasteiger partial charge in [-0.25, -0.2) is 0 Å². The second kappa shape index (κ2) is 8.79. The van der Waals surface area contributed by atoms with Crippen LogP contribution in [0.15, 0.2) is 35.3 Å². The maximum absolute atomic E-state index is 6.10. The molecule has 22 heavy (non-hydrogen) atoms. The molecule has 0 bridgehead atoms. The van der Waals surface area contributed by atoms with Crippen molar-refractivity contribution in [3.05, 3.63) is 35.9 Å². The van der Waals surface area contributed by atoms with Gasteiger partial charge in [-0.1, -0.05) is 37.3 Å². The fraction of sp³-hybridized carbons (Fsp3) is 0.611. The van der Waals surface area contributed by atoms with E-state index in [0.717, 1.165) is 51.0 Å². The summed E-state index contributed by atoms with van der Waals surface area (Å²) in [5, 5.41) is 0. The van der Waals surface area contributed by atoms with Gasteiger partial charge in [-0.3, -0.25) is 4.99 Å². The zero-order valence-corrected chi connectivity index (χ0v) is 14.0. The molecule has 0 unspecified atom stereocenters. The van der Waals surface area contributed by atoms with Crippen LogP contribution in [0.1, 0.15) is 31.7 Å². The van der Waals surface area contributed by atoms with E-state index in [1.54, 1.807) is 0 Å². The first-order valence-electron chi connectivity index (χ1n) is 8.42. The van der Waals surface area contributed by atoms with Gasteiger partial charge in [0.2, 0.25) is 0 Å². The lowest BCUT2D eigenvalue weighted by atomic mass is 10.00. The second-order valence-corrected chi connectivity index (χ2v) is 6.49. The van der Waals surface area contributed by atoms with Crippen molar-refractivity contribution in [3.8, 4) is 0 Å². The van der Waals surface area contributed by atoms with Gasteiger partial charge in [0.25, 0.3) is 0 Å². The predicted molar refractivity (Wildman–Crippen MR) is 93.9 cm³/mol. The number of rotatable bonds is 6. The molecule has 0 aromatic heterocycles. The van der Waals surface area contributed by atoms with E-state index in [1.807, 2.05) is 0 Å². The van der Waals surface area contributed by atoms with Gasteiger partial charge < -0.3 is 15.5 Å². The maximum atomic E-state index is 6.10. The Morgan fingerprint density at radius 1 is 1.27 bits per heavy atom. The summed E-state index contributed by atoms with van der Waals surface area (Å²) in [6.07, 6.45) is 3.51. The maximum Gasteiger partial charge on any atom is 0.191 e. The van der Waals surface area contributed by atoms with E-state index in [2.05, 4.69) is 59.1 Å². The molecule has 4 nitrogen and oxygen atoms in total. The number of likely N-dealkylation sites (tertiary alicyclic amines) is 1. The van der Waals surface area contributed by atoms with Crippen LogP contribution < -0.4 is 5.73 Å². The Kier molecular flexibility index (Phi) is 6.72. The molecule has 0 aliphatic carbocycles. The van der Waals surface area contributed by atoms with Crippen molar-refractivity contribution in [1.29, 1.82) is 0 Å². The fourth-order valence-electron chi connectivity index (χ4n) is 2.85. The monoisotopic (exact) mass is 302 g/mol. The Morgan fingerprint density at radius 3 is 2.64 bits per heavy atom. The number of nitrogens with zero attached hydrogens (tertiary/aromatic N) is 3. The van der Waals surface area contributed by atoms with Crippen LogP contribution in [0.3, 0.4) is 0 Å². The molecule has 0 amide bonds. The molecule has 4 heteroatoms. The first-order chi connectivity index (χ1) is 10.6. The lowest BCUT2D eigenvalue weighted by Crippen LogP contribution is -2.42. The molecule has 1 aliphatic rings. The number of hydrogen-bond acceptors (Lipinski definition) is 2. The summed E-state index contributed by atoms with van der Waals surface area (Å²) in [6.45, 7) is 7.28. The molecule has 1 heterocycles. The molecule has 1 saturated heterocycles. The zero-order chi connectivity index (χ0) is 15.8. The normalized spacial score (nSPS) is 17.2. The summed E-state index contributed by atoms with van der Waals surface area (Å²) in [6, 6.07) is 10.6. The predicted octanol–water partition coefficient (Wildman–Crippen LogP) is 2.56. The number of aliphatic imine (C=N–C) groups is 1. The van der Waals surface area contributed by atoms with Crippen LogP contribution in [0, 0.1) is 5.92 Å². The SMILES string of the molecule is CC1CCN(C(N)=NCCCN(C)Cc2ccccc2)CC1. The number of guanidine groups is 1. The number of benzene rings is 1. The quantitative estimate of drug-likeness (QED) is 0.499. The smallest absolute Gasteiger partial charge is 0.191 e. The van der Waals surface area contributed by atoms with Gasteiger partial charge in [0.05, 0.1) is 0 Å². The minimum absolute atomic E-state index is 0.734. The largest absolute Gasteiger partial charge is 0.370 e. The molecule has 1 aromatic carbocycles. The van der Waals surface area contributed by atoms with Crippen molar-refractivity contribution in [2.24, 2.45) is 16.6 Å². The van der Waals surface area contributed by atoms with Gasteiger partial charge in [-0.2, -0.15) is 0 Å². The summed E-state index contributed by atoms with van der Waals surface area (Å²) in [4.78, 5) is 9.11. The molecule has 1 fully saturated rings. The molecule has 2 N–H and O–H groups in total. The molecule has 0 spiro atoms. The molecule has 0 atom stereocenters. The third kappa shape index (κ3) is 5.68. The summed E-state index contributed by atoms with van der Waals surface area (Å²) >= 11 is 0. The van der Waals surface area contributed by atoms with E-state index in [0.29, 0.717) is 0 Å². The molecule has 2 rings (SSSR count). The number of hydrogen-bond donors (Lipinski definition) is 1. The van der Waals surface area contributed by atoms with Gasteiger partial charge >= 0.3 is 0 Å². The highest BCUT2D eigenvalue weighted by molar-refractivity contribution is 5.78. The fourth-order valence-corrected chi connectivity index (χ4v) is 2.85. The van der Waals surface area contributed by atoms with E-state index in [4.69, 9.17) is 5.73 Å². The van der Waals surface area contributed by atoms with E-state index in [1.165, 1.54) is 18.4 Å². The van der Waals surface area contributed by atoms with Crippen molar-refractivity contribution in [2.45, 2.75) is 32.7 Å². The van der Waals surface area contributed by atoms with Crippen LogP contribution in [0.25, 0.3) is 0 Å². The Balaban J connectivity index is 1.64. The molecular formula is C18H30N4. The molecule has 0 radical (unpaired) electrons. The van der Waals surface area contributed by atoms with E-state index in [-0.39, 0.29) is 0 Å². The summed E-state index contributed by atoms with van der Waals surface area (Å²) in [5.74, 6) is 1.56. The van der Waals surface area contributed by atoms with Crippen molar-refractivity contribution in [2.75, 3.05) is 33.2 Å². The zero-order valence-electron chi connectivity index (χ0n) is 14.0. The van der Waals surface area contributed by atoms with Gasteiger partial charge in [0.15, 0.2) is 5.96 Å². The third-order valence-electron chi connectivity index (χ3n) is 4.37. The van der Waals surface area contributed by atoms with Crippen LogP contribution in [0.5, 0.6) is 0 Å². The van der Waals surface area contributed by atoms with Crippen LogP contribution in [0.2, 0.25) is 0 Å². The highest BCUT2D eigenvalue weighted by Gasteiger charge is 2.16.